The van der Waals surface area contributed by atoms with Crippen molar-refractivity contribution in [2.45, 2.75) is 19.4 Å². The number of aromatic nitrogens is 1. The van der Waals surface area contributed by atoms with E-state index >= 15 is 0 Å². The second-order valence-electron chi connectivity index (χ2n) is 5.84. The first kappa shape index (κ1) is 16.0. The number of hydrogen-bond acceptors (Lipinski definition) is 4. The summed E-state index contributed by atoms with van der Waals surface area (Å²) in [6.45, 7) is 4.03. The average molecular weight is 325 g/mol. The first-order valence-corrected chi connectivity index (χ1v) is 7.76. The number of aryl methyl sites for hydroxylation is 1. The summed E-state index contributed by atoms with van der Waals surface area (Å²) in [5, 5.41) is 2.73. The summed E-state index contributed by atoms with van der Waals surface area (Å²) in [6, 6.07) is 12.5. The van der Waals surface area contributed by atoms with E-state index in [-0.39, 0.29) is 19.1 Å². The number of imide groups is 1. The molecule has 1 saturated heterocycles. The Kier molecular flexibility index (Phi) is 4.20. The minimum Gasteiger partial charge on any atom is -0.491 e. The van der Waals surface area contributed by atoms with Crippen LogP contribution in [-0.2, 0) is 10.3 Å². The molecule has 0 spiro atoms. The molecule has 1 aromatic carbocycles. The highest BCUT2D eigenvalue weighted by atomic mass is 16.5. The van der Waals surface area contributed by atoms with Crippen LogP contribution in [0.15, 0.2) is 48.7 Å². The van der Waals surface area contributed by atoms with Crippen LogP contribution in [0.3, 0.4) is 0 Å². The number of carbonyl (C=O) groups excluding carboxylic acids is 2. The second kappa shape index (κ2) is 6.31. The number of amides is 3. The number of rotatable bonds is 5. The summed E-state index contributed by atoms with van der Waals surface area (Å²) in [5.41, 5.74) is 0.389. The van der Waals surface area contributed by atoms with Crippen molar-refractivity contribution >= 4 is 11.9 Å². The topological polar surface area (TPSA) is 71.5 Å². The highest BCUT2D eigenvalue weighted by Crippen LogP contribution is 2.27. The third-order valence-electron chi connectivity index (χ3n) is 4.12. The molecule has 1 aliphatic heterocycles. The Balaban J connectivity index is 1.68. The molecule has 1 aliphatic rings. The van der Waals surface area contributed by atoms with Gasteiger partial charge in [0.2, 0.25) is 0 Å². The van der Waals surface area contributed by atoms with Gasteiger partial charge in [0.1, 0.15) is 12.4 Å². The largest absolute Gasteiger partial charge is 0.491 e. The number of urea groups is 1. The van der Waals surface area contributed by atoms with Gasteiger partial charge in [-0.05, 0) is 37.6 Å². The van der Waals surface area contributed by atoms with Crippen molar-refractivity contribution in [3.05, 3.63) is 59.9 Å². The molecule has 2 aromatic rings. The lowest BCUT2D eigenvalue weighted by Crippen LogP contribution is -2.42. The first-order chi connectivity index (χ1) is 11.5. The van der Waals surface area contributed by atoms with Crippen molar-refractivity contribution in [2.75, 3.05) is 13.2 Å². The van der Waals surface area contributed by atoms with Gasteiger partial charge in [-0.2, -0.15) is 0 Å². The molecule has 24 heavy (non-hydrogen) atoms. The van der Waals surface area contributed by atoms with Gasteiger partial charge in [0, 0.05) is 6.20 Å². The smallest absolute Gasteiger partial charge is 0.325 e. The Morgan fingerprint density at radius 1 is 1.17 bits per heavy atom. The van der Waals surface area contributed by atoms with Crippen molar-refractivity contribution in [1.82, 2.24) is 15.2 Å². The Hall–Kier alpha value is -2.89. The minimum atomic E-state index is -1.14. The molecule has 3 rings (SSSR count). The number of nitrogens with one attached hydrogen (secondary N) is 1. The van der Waals surface area contributed by atoms with Crippen LogP contribution >= 0.6 is 0 Å². The number of benzene rings is 1. The zero-order valence-electron chi connectivity index (χ0n) is 13.7. The molecule has 1 aromatic heterocycles. The van der Waals surface area contributed by atoms with Crippen LogP contribution in [0.4, 0.5) is 4.79 Å². The normalized spacial score (nSPS) is 20.2. The van der Waals surface area contributed by atoms with Crippen LogP contribution in [0.2, 0.25) is 0 Å². The zero-order valence-corrected chi connectivity index (χ0v) is 13.7. The molecule has 6 nitrogen and oxygen atoms in total. The summed E-state index contributed by atoms with van der Waals surface area (Å²) < 4.78 is 5.68. The fourth-order valence-corrected chi connectivity index (χ4v) is 2.70. The summed E-state index contributed by atoms with van der Waals surface area (Å²) >= 11 is 0. The average Bonchev–Trinajstić information content (AvgIpc) is 2.81. The van der Waals surface area contributed by atoms with Crippen molar-refractivity contribution in [2.24, 2.45) is 0 Å². The molecule has 1 fully saturated rings. The van der Waals surface area contributed by atoms with E-state index in [4.69, 9.17) is 4.74 Å². The SMILES string of the molecule is Cc1ccccc1OCCN1C(=O)NC(C)(c2ccccn2)C1=O. The molecular weight excluding hydrogens is 306 g/mol. The predicted octanol–water partition coefficient (Wildman–Crippen LogP) is 2.24. The molecule has 0 bridgehead atoms. The summed E-state index contributed by atoms with van der Waals surface area (Å²) in [4.78, 5) is 30.3. The number of nitrogens with zero attached hydrogens (tertiary/aromatic N) is 2. The highest BCUT2D eigenvalue weighted by molar-refractivity contribution is 6.06. The molecule has 0 saturated carbocycles. The van der Waals surface area contributed by atoms with Crippen molar-refractivity contribution in [3.63, 3.8) is 0 Å². The molecular formula is C18H19N3O3. The van der Waals surface area contributed by atoms with Crippen molar-refractivity contribution in [1.29, 1.82) is 0 Å². The number of para-hydroxylation sites is 1. The molecule has 0 aliphatic carbocycles. The maximum Gasteiger partial charge on any atom is 0.325 e. The molecule has 3 amide bonds. The Morgan fingerprint density at radius 3 is 2.62 bits per heavy atom. The third kappa shape index (κ3) is 2.82. The van der Waals surface area contributed by atoms with E-state index in [1.165, 1.54) is 4.90 Å². The van der Waals surface area contributed by atoms with E-state index in [0.717, 1.165) is 11.3 Å². The van der Waals surface area contributed by atoms with E-state index in [1.807, 2.05) is 31.2 Å². The quantitative estimate of drug-likeness (QED) is 0.856. The fourth-order valence-electron chi connectivity index (χ4n) is 2.70. The maximum atomic E-state index is 12.7. The number of hydrogen-bond donors (Lipinski definition) is 1. The molecule has 6 heteroatoms. The van der Waals surface area contributed by atoms with Crippen LogP contribution in [0.25, 0.3) is 0 Å². The minimum absolute atomic E-state index is 0.182. The zero-order chi connectivity index (χ0) is 17.2. The van der Waals surface area contributed by atoms with Gasteiger partial charge in [-0.1, -0.05) is 24.3 Å². The van der Waals surface area contributed by atoms with E-state index in [9.17, 15) is 9.59 Å². The lowest BCUT2D eigenvalue weighted by atomic mass is 9.97. The van der Waals surface area contributed by atoms with Gasteiger partial charge in [0.25, 0.3) is 5.91 Å². The summed E-state index contributed by atoms with van der Waals surface area (Å²) in [7, 11) is 0. The second-order valence-corrected chi connectivity index (χ2v) is 5.84. The van der Waals surface area contributed by atoms with Gasteiger partial charge >= 0.3 is 6.03 Å². The third-order valence-corrected chi connectivity index (χ3v) is 4.12. The van der Waals surface area contributed by atoms with Gasteiger partial charge in [0.05, 0.1) is 12.2 Å². The van der Waals surface area contributed by atoms with Gasteiger partial charge in [0.15, 0.2) is 5.54 Å². The molecule has 1 N–H and O–H groups in total. The van der Waals surface area contributed by atoms with Gasteiger partial charge in [-0.25, -0.2) is 4.79 Å². The monoisotopic (exact) mass is 325 g/mol. The van der Waals surface area contributed by atoms with Crippen LogP contribution in [0.5, 0.6) is 5.75 Å². The standard InChI is InChI=1S/C18H19N3O3/c1-13-7-3-4-8-14(13)24-12-11-21-16(22)18(2,20-17(21)23)15-9-5-6-10-19-15/h3-10H,11-12H2,1-2H3,(H,20,23). The lowest BCUT2D eigenvalue weighted by Gasteiger charge is -2.21. The Labute approximate surface area is 140 Å². The Morgan fingerprint density at radius 2 is 1.92 bits per heavy atom. The van der Waals surface area contributed by atoms with Crippen LogP contribution in [0.1, 0.15) is 18.2 Å². The molecule has 1 atom stereocenters. The summed E-state index contributed by atoms with van der Waals surface area (Å²) in [6.07, 6.45) is 1.60. The van der Waals surface area contributed by atoms with Crippen LogP contribution in [0, 0.1) is 6.92 Å². The van der Waals surface area contributed by atoms with E-state index in [2.05, 4.69) is 10.3 Å². The number of ether oxygens (including phenoxy) is 1. The molecule has 1 unspecified atom stereocenters. The van der Waals surface area contributed by atoms with Crippen LogP contribution in [-0.4, -0.2) is 35.0 Å². The molecule has 2 heterocycles. The van der Waals surface area contributed by atoms with E-state index < -0.39 is 11.6 Å². The van der Waals surface area contributed by atoms with Gasteiger partial charge in [-0.3, -0.25) is 14.7 Å². The van der Waals surface area contributed by atoms with Gasteiger partial charge in [-0.15, -0.1) is 0 Å². The maximum absolute atomic E-state index is 12.7. The van der Waals surface area contributed by atoms with Crippen LogP contribution < -0.4 is 10.1 Å². The predicted molar refractivity (Wildman–Crippen MR) is 88.5 cm³/mol. The number of pyridine rings is 1. The number of carbonyl (C=O) groups is 2. The Bertz CT molecular complexity index is 763. The first-order valence-electron chi connectivity index (χ1n) is 7.76. The molecule has 124 valence electrons. The van der Waals surface area contributed by atoms with Crippen molar-refractivity contribution in [3.8, 4) is 5.75 Å². The van der Waals surface area contributed by atoms with E-state index in [0.29, 0.717) is 5.69 Å². The van der Waals surface area contributed by atoms with E-state index in [1.54, 1.807) is 31.3 Å². The highest BCUT2D eigenvalue weighted by Gasteiger charge is 2.49. The van der Waals surface area contributed by atoms with Gasteiger partial charge < -0.3 is 10.1 Å². The lowest BCUT2D eigenvalue weighted by molar-refractivity contribution is -0.131. The fraction of sp³-hybridized carbons (Fsp3) is 0.278. The molecule has 0 radical (unpaired) electrons. The summed E-state index contributed by atoms with van der Waals surface area (Å²) in [5.74, 6) is 0.427. The van der Waals surface area contributed by atoms with Crippen molar-refractivity contribution < 1.29 is 14.3 Å².